The first-order valence-corrected chi connectivity index (χ1v) is 24.8. The molecule has 1 fully saturated rings. The first kappa shape index (κ1) is 56.3. The molecule has 0 aliphatic carbocycles. The van der Waals surface area contributed by atoms with E-state index in [0.717, 1.165) is 64.2 Å². The molecule has 1 amide bonds. The van der Waals surface area contributed by atoms with Crippen LogP contribution in [0.3, 0.4) is 0 Å². The molecule has 0 aromatic carbocycles. The lowest BCUT2D eigenvalue weighted by molar-refractivity contribution is -0.298. The second-order valence-corrected chi connectivity index (χ2v) is 17.5. The number of hydrogen-bond acceptors (Lipinski definition) is 11. The lowest BCUT2D eigenvalue weighted by Gasteiger charge is -2.41. The third kappa shape index (κ3) is 28.8. The molecule has 8 unspecified atom stereocenters. The zero-order valence-corrected chi connectivity index (χ0v) is 37.9. The van der Waals surface area contributed by atoms with Crippen molar-refractivity contribution in [3.63, 3.8) is 0 Å². The number of hydrogen-bond donors (Lipinski definition) is 7. The summed E-state index contributed by atoms with van der Waals surface area (Å²) in [4.78, 5) is 13.1. The van der Waals surface area contributed by atoms with Gasteiger partial charge in [-0.25, -0.2) is 4.18 Å². The van der Waals surface area contributed by atoms with Crippen LogP contribution >= 0.6 is 0 Å². The summed E-state index contributed by atoms with van der Waals surface area (Å²) < 4.78 is 47.4. The number of carbonyl (C=O) groups excluding carboxylic acids is 1. The highest BCUT2D eigenvalue weighted by Crippen LogP contribution is 2.26. The first-order valence-electron chi connectivity index (χ1n) is 23.5. The fraction of sp³-hybridized carbons (Fsp3) is 0.848. The largest absolute Gasteiger partial charge is 0.397 e. The van der Waals surface area contributed by atoms with E-state index in [4.69, 9.17) is 14.0 Å². The fourth-order valence-corrected chi connectivity index (χ4v) is 7.74. The topological polar surface area (TPSA) is 212 Å². The quantitative estimate of drug-likeness (QED) is 0.0178. The van der Waals surface area contributed by atoms with Gasteiger partial charge in [0, 0.05) is 0 Å². The van der Waals surface area contributed by atoms with Crippen LogP contribution in [0, 0.1) is 0 Å². The van der Waals surface area contributed by atoms with E-state index in [-0.39, 0.29) is 6.42 Å². The first-order chi connectivity index (χ1) is 28.9. The van der Waals surface area contributed by atoms with Crippen molar-refractivity contribution in [1.29, 1.82) is 0 Å². The van der Waals surface area contributed by atoms with Crippen LogP contribution in [-0.4, -0.2) is 107 Å². The fourth-order valence-electron chi connectivity index (χ4n) is 7.24. The average Bonchev–Trinajstić information content (AvgIpc) is 3.22. The highest BCUT2D eigenvalue weighted by Gasteiger charge is 2.48. The van der Waals surface area contributed by atoms with Crippen molar-refractivity contribution < 1.29 is 57.0 Å². The lowest BCUT2D eigenvalue weighted by atomic mass is 9.99. The summed E-state index contributed by atoms with van der Waals surface area (Å²) >= 11 is 0. The van der Waals surface area contributed by atoms with Crippen molar-refractivity contribution in [3.05, 3.63) is 36.5 Å². The zero-order valence-electron chi connectivity index (χ0n) is 37.1. The standard InChI is InChI=1S/C46H85NO12S/c1-3-5-7-9-11-13-15-16-17-18-19-20-21-22-23-25-27-29-31-33-35-40(50)45(53)47-38(39(49)34-32-30-28-26-24-14-12-10-8-6-4-2)37-57-46-43(52)44(59-60(54,55)56)42(51)41(36-48)58-46/h20-21,24,26,32,34,38-44,46,48-52H,3-19,22-23,25,27-31,33,35-37H2,1-2H3,(H,47,53)(H,54,55,56)/b21-20-,26-24+,34-32+. The monoisotopic (exact) mass is 876 g/mol. The van der Waals surface area contributed by atoms with Crippen molar-refractivity contribution in [2.45, 2.75) is 236 Å². The number of aliphatic hydroxyl groups is 5. The molecule has 1 aliphatic rings. The van der Waals surface area contributed by atoms with Crippen LogP contribution in [0.2, 0.25) is 0 Å². The molecule has 0 spiro atoms. The van der Waals surface area contributed by atoms with E-state index < -0.39 is 78.5 Å². The van der Waals surface area contributed by atoms with E-state index in [1.807, 2.05) is 0 Å². The number of amides is 1. The third-order valence-corrected chi connectivity index (χ3v) is 11.5. The molecule has 0 aromatic heterocycles. The molecule has 0 aromatic rings. The molecule has 14 heteroatoms. The lowest BCUT2D eigenvalue weighted by Crippen LogP contribution is -2.61. The Morgan fingerprint density at radius 1 is 0.667 bits per heavy atom. The molecule has 0 radical (unpaired) electrons. The van der Waals surface area contributed by atoms with Gasteiger partial charge in [0.05, 0.1) is 25.4 Å². The molecule has 8 atom stereocenters. The number of ether oxygens (including phenoxy) is 2. The van der Waals surface area contributed by atoms with Crippen LogP contribution in [0.1, 0.15) is 187 Å². The molecule has 1 heterocycles. The van der Waals surface area contributed by atoms with Crippen LogP contribution in [0.15, 0.2) is 36.5 Å². The van der Waals surface area contributed by atoms with E-state index >= 15 is 0 Å². The van der Waals surface area contributed by atoms with Crippen molar-refractivity contribution in [2.75, 3.05) is 13.2 Å². The number of nitrogens with one attached hydrogen (secondary N) is 1. The zero-order chi connectivity index (χ0) is 44.3. The maximum Gasteiger partial charge on any atom is 0.397 e. The normalized spacial score (nSPS) is 21.6. The van der Waals surface area contributed by atoms with Crippen LogP contribution in [0.5, 0.6) is 0 Å². The second-order valence-electron chi connectivity index (χ2n) is 16.5. The summed E-state index contributed by atoms with van der Waals surface area (Å²) in [7, 11) is -5.12. The van der Waals surface area contributed by atoms with Gasteiger partial charge in [-0.2, -0.15) is 8.42 Å². The Balaban J connectivity index is 2.53. The summed E-state index contributed by atoms with van der Waals surface area (Å²) in [6.07, 6.45) is 31.0. The smallest absolute Gasteiger partial charge is 0.394 e. The Hall–Kier alpha value is -1.72. The highest BCUT2D eigenvalue weighted by atomic mass is 32.3. The van der Waals surface area contributed by atoms with Gasteiger partial charge in [-0.15, -0.1) is 0 Å². The SMILES string of the molecule is CCCCCCC/C=C/CC/C=C/C(O)C(COC1OC(CO)C(O)C(OS(=O)(=O)O)C1O)NC(=O)C(O)CCCCCCCC/C=C\CCCCCCCCCCCC. The summed E-state index contributed by atoms with van der Waals surface area (Å²) in [6.45, 7) is 3.16. The van der Waals surface area contributed by atoms with Crippen molar-refractivity contribution >= 4 is 16.3 Å². The van der Waals surface area contributed by atoms with Gasteiger partial charge in [-0.3, -0.25) is 9.35 Å². The van der Waals surface area contributed by atoms with Crippen LogP contribution in [0.4, 0.5) is 0 Å². The Kier molecular flexibility index (Phi) is 34.5. The van der Waals surface area contributed by atoms with E-state index in [2.05, 4.69) is 47.7 Å². The molecular formula is C46H85NO12S. The number of carbonyl (C=O) groups is 1. The molecule has 0 saturated carbocycles. The van der Waals surface area contributed by atoms with Crippen LogP contribution in [-0.2, 0) is 28.9 Å². The molecule has 60 heavy (non-hydrogen) atoms. The van der Waals surface area contributed by atoms with E-state index in [1.54, 1.807) is 6.08 Å². The molecule has 0 bridgehead atoms. The summed E-state index contributed by atoms with van der Waals surface area (Å²) in [5.74, 6) is -0.719. The van der Waals surface area contributed by atoms with Gasteiger partial charge >= 0.3 is 10.4 Å². The summed E-state index contributed by atoms with van der Waals surface area (Å²) in [5, 5.41) is 55.1. The van der Waals surface area contributed by atoms with Gasteiger partial charge in [0.2, 0.25) is 5.91 Å². The van der Waals surface area contributed by atoms with Gasteiger partial charge < -0.3 is 40.3 Å². The molecule has 352 valence electrons. The molecular weight excluding hydrogens is 791 g/mol. The highest BCUT2D eigenvalue weighted by molar-refractivity contribution is 7.80. The van der Waals surface area contributed by atoms with Gasteiger partial charge in [0.1, 0.15) is 30.5 Å². The Morgan fingerprint density at radius 2 is 1.12 bits per heavy atom. The Labute approximate surface area is 363 Å². The van der Waals surface area contributed by atoms with Crippen LogP contribution < -0.4 is 5.32 Å². The number of unbranched alkanes of at least 4 members (excludes halogenated alkanes) is 22. The number of rotatable bonds is 39. The summed E-state index contributed by atoms with van der Waals surface area (Å²) in [6, 6.07) is -1.14. The van der Waals surface area contributed by atoms with Gasteiger partial charge in [-0.1, -0.05) is 166 Å². The van der Waals surface area contributed by atoms with E-state index in [1.165, 1.54) is 96.0 Å². The minimum Gasteiger partial charge on any atom is -0.394 e. The Morgan fingerprint density at radius 3 is 1.60 bits per heavy atom. The molecule has 1 rings (SSSR count). The minimum atomic E-state index is -5.12. The van der Waals surface area contributed by atoms with Crippen molar-refractivity contribution in [3.8, 4) is 0 Å². The van der Waals surface area contributed by atoms with Crippen molar-refractivity contribution in [1.82, 2.24) is 5.32 Å². The number of aliphatic hydroxyl groups excluding tert-OH is 5. The minimum absolute atomic E-state index is 0.229. The average molecular weight is 876 g/mol. The number of allylic oxidation sites excluding steroid dienone is 5. The molecule has 13 nitrogen and oxygen atoms in total. The van der Waals surface area contributed by atoms with Crippen LogP contribution in [0.25, 0.3) is 0 Å². The molecule has 1 saturated heterocycles. The van der Waals surface area contributed by atoms with Gasteiger partial charge in [0.15, 0.2) is 6.29 Å². The molecule has 7 N–H and O–H groups in total. The maximum absolute atomic E-state index is 13.1. The summed E-state index contributed by atoms with van der Waals surface area (Å²) in [5.41, 5.74) is 0. The maximum atomic E-state index is 13.1. The second kappa shape index (κ2) is 36.7. The Bertz CT molecular complexity index is 1230. The van der Waals surface area contributed by atoms with Crippen molar-refractivity contribution in [2.24, 2.45) is 0 Å². The van der Waals surface area contributed by atoms with E-state index in [0.29, 0.717) is 12.8 Å². The van der Waals surface area contributed by atoms with Gasteiger partial charge in [-0.05, 0) is 57.8 Å². The third-order valence-electron chi connectivity index (χ3n) is 11.0. The molecule has 1 aliphatic heterocycles. The predicted octanol–water partition coefficient (Wildman–Crippen LogP) is 8.08. The van der Waals surface area contributed by atoms with Gasteiger partial charge in [0.25, 0.3) is 0 Å². The van der Waals surface area contributed by atoms with E-state index in [9.17, 15) is 38.7 Å². The predicted molar refractivity (Wildman–Crippen MR) is 238 cm³/mol.